The number of nitrogens with two attached hydrogens (primary N) is 3. The van der Waals surface area contributed by atoms with Crippen molar-refractivity contribution in [2.24, 2.45) is 29.0 Å². The maximum Gasteiger partial charge on any atom is 0.326 e. The molecule has 117 heavy (non-hydrogen) atoms. The molecule has 2 rings (SSSR count). The molecule has 0 aromatic heterocycles. The molecule has 0 aliphatic rings. The number of amides is 16. The van der Waals surface area contributed by atoms with Crippen molar-refractivity contribution in [3.05, 3.63) is 65.7 Å². The fraction of sp³-hybridized carbons (Fsp3) is 0.551. The van der Waals surface area contributed by atoms with Gasteiger partial charge in [0.1, 0.15) is 84.3 Å². The number of carboxylic acid groups (broad SMARTS) is 2. The van der Waals surface area contributed by atoms with Crippen molar-refractivity contribution in [3.8, 4) is 5.75 Å². The first kappa shape index (κ1) is 101. The molecule has 16 amide bonds. The van der Waals surface area contributed by atoms with Crippen molar-refractivity contribution >= 4 is 125 Å². The minimum absolute atomic E-state index is 0.0337. The Kier molecular flexibility index (Phi) is 45.4. The van der Waals surface area contributed by atoms with Crippen LogP contribution in [0.25, 0.3) is 0 Å². The number of carbonyl (C=O) groups is 18. The van der Waals surface area contributed by atoms with E-state index in [1.165, 1.54) is 48.5 Å². The van der Waals surface area contributed by atoms with E-state index >= 15 is 0 Å². The highest BCUT2D eigenvalue weighted by Crippen LogP contribution is 2.15. The molecule has 47 nitrogen and oxygen atoms in total. The van der Waals surface area contributed by atoms with Gasteiger partial charge in [-0.2, -0.15) is 12.6 Å². The standard InChI is InChI=1S/C69H106N20O27S/c1-32(2)19-40(62(109)89-54(33(3)4)68(115)116)77-51(98)24-76-56(103)44(25-90)84-65(112)49(30-95)88-67(114)48(29-94)86-58(105)39(16-17-53(100)101)80-59(106)41(20-34-9-6-5-7-10-34)82-64(111)46(27-92)87-66(113)47(28-93)85-57(104)38(11-8-18-74-69(72)73)79-61(108)43(22-50(71)97)83-60(107)42(21-35-12-14-36(96)15-13-35)81-63(110)45(26-91)78-52(99)23-75-55(102)37(70)31-117/h5-7,9-10,12-15,32-33,37-49,54,90-96,117H,8,11,16-31,70H2,1-4H3,(H2,71,97)(H,75,102)(H,76,103)(H,77,98)(H,78,99)(H,79,108)(H,80,106)(H,81,110)(H,82,111)(H,83,107)(H,84,112)(H,85,104)(H,86,105)(H,87,113)(H,88,114)(H,89,109)(H,100,101)(H,115,116)(H4,72,73,74)/t37-,38-,39-,40-,41-,42-,43-,44-,45-,46-,47-,48-,49-,54-/m0/s1. The average molecular weight is 1680 g/mol. The van der Waals surface area contributed by atoms with Crippen LogP contribution in [-0.4, -0.2) is 308 Å². The highest BCUT2D eigenvalue weighted by molar-refractivity contribution is 7.80. The van der Waals surface area contributed by atoms with Crippen LogP contribution in [0.5, 0.6) is 5.75 Å². The maximum absolute atomic E-state index is 14.3. The van der Waals surface area contributed by atoms with Crippen LogP contribution in [0.3, 0.4) is 0 Å². The number of aliphatic hydroxyl groups is 6. The number of thiol groups is 1. The van der Waals surface area contributed by atoms with Gasteiger partial charge in [0.2, 0.25) is 94.5 Å². The second-order valence-corrected chi connectivity index (χ2v) is 27.4. The van der Waals surface area contributed by atoms with Crippen molar-refractivity contribution < 1.29 is 132 Å². The summed E-state index contributed by atoms with van der Waals surface area (Å²) in [6, 6.07) is -12.4. The number of hydrogen-bond acceptors (Lipinski definition) is 28. The number of benzene rings is 2. The van der Waals surface area contributed by atoms with Gasteiger partial charge in [0, 0.05) is 31.6 Å². The molecule has 0 aliphatic carbocycles. The smallest absolute Gasteiger partial charge is 0.326 e. The lowest BCUT2D eigenvalue weighted by molar-refractivity contribution is -0.143. The number of aliphatic carboxylic acids is 2. The Labute approximate surface area is 674 Å². The van der Waals surface area contributed by atoms with Gasteiger partial charge < -0.3 is 148 Å². The van der Waals surface area contributed by atoms with Gasteiger partial charge >= 0.3 is 11.9 Å². The third-order valence-corrected chi connectivity index (χ3v) is 17.1. The summed E-state index contributed by atoms with van der Waals surface area (Å²) in [4.78, 5) is 240. The van der Waals surface area contributed by atoms with Crippen LogP contribution in [-0.2, 0) is 99.1 Å². The second kappa shape index (κ2) is 52.5. The highest BCUT2D eigenvalue weighted by Gasteiger charge is 2.38. The van der Waals surface area contributed by atoms with Crippen molar-refractivity contribution in [1.82, 2.24) is 85.1 Å². The summed E-state index contributed by atoms with van der Waals surface area (Å²) in [6.45, 7) is -2.59. The van der Waals surface area contributed by atoms with E-state index in [1.807, 2.05) is 10.6 Å². The zero-order chi connectivity index (χ0) is 88.3. The predicted molar refractivity (Wildman–Crippen MR) is 409 cm³/mol. The number of phenolic OH excluding ortho intramolecular Hbond substituents is 1. The Hall–Kier alpha value is -12.0. The fourth-order valence-electron chi connectivity index (χ4n) is 10.4. The molecule has 650 valence electrons. The summed E-state index contributed by atoms with van der Waals surface area (Å²) in [5.41, 5.74) is 17.0. The van der Waals surface area contributed by atoms with E-state index in [1.54, 1.807) is 33.8 Å². The van der Waals surface area contributed by atoms with Crippen molar-refractivity contribution in [2.75, 3.05) is 65.0 Å². The molecular weight excluding hydrogens is 1570 g/mol. The SMILES string of the molecule is CC(C)C[C@H](NC(=O)CNC(=O)[C@H](CO)NC(=O)[C@H](CO)NC(=O)[C@H](CO)NC(=O)[C@H](CCC(=O)O)NC(=O)[C@H](Cc1ccccc1)NC(=O)[C@H](CO)NC(=O)[C@H](CO)NC(=O)[C@H](CCCNC(=N)N)NC(=O)[C@H](CC(N)=O)NC(=O)[C@H](Cc1ccc(O)cc1)NC(=O)[C@H](CO)NC(=O)CNC(=O)[C@@H](N)CS)C(=O)N[C@H](C(=O)O)C(C)C. The number of phenols is 1. The Morgan fingerprint density at radius 1 is 0.410 bits per heavy atom. The molecule has 14 atom stereocenters. The Balaban J connectivity index is 2.41. The fourth-order valence-corrected chi connectivity index (χ4v) is 10.6. The van der Waals surface area contributed by atoms with E-state index < -0.39 is 294 Å². The quantitative estimate of drug-likeness (QED) is 0.0127. The minimum atomic E-state index is -2.09. The lowest BCUT2D eigenvalue weighted by Gasteiger charge is -2.27. The summed E-state index contributed by atoms with van der Waals surface area (Å²) in [7, 11) is 0. The summed E-state index contributed by atoms with van der Waals surface area (Å²) < 4.78 is 0. The van der Waals surface area contributed by atoms with Crippen molar-refractivity contribution in [3.63, 3.8) is 0 Å². The van der Waals surface area contributed by atoms with Crippen LogP contribution in [0.15, 0.2) is 54.6 Å². The minimum Gasteiger partial charge on any atom is -0.508 e. The Morgan fingerprint density at radius 2 is 0.752 bits per heavy atom. The lowest BCUT2D eigenvalue weighted by Crippen LogP contribution is -2.62. The third kappa shape index (κ3) is 37.5. The molecule has 2 aromatic carbocycles. The zero-order valence-electron chi connectivity index (χ0n) is 64.2. The largest absolute Gasteiger partial charge is 0.508 e. The molecule has 0 unspecified atom stereocenters. The molecule has 2 aromatic rings. The predicted octanol–water partition coefficient (Wildman–Crippen LogP) is -13.3. The first-order valence-corrected chi connectivity index (χ1v) is 36.9. The van der Waals surface area contributed by atoms with Crippen molar-refractivity contribution in [1.29, 1.82) is 5.41 Å². The van der Waals surface area contributed by atoms with Gasteiger partial charge in [-0.05, 0) is 60.8 Å². The molecule has 0 heterocycles. The van der Waals surface area contributed by atoms with Crippen LogP contribution in [0, 0.1) is 17.2 Å². The van der Waals surface area contributed by atoms with Gasteiger partial charge in [0.05, 0.1) is 65.2 Å². The van der Waals surface area contributed by atoms with Crippen LogP contribution >= 0.6 is 12.6 Å². The van der Waals surface area contributed by atoms with E-state index in [2.05, 4.69) is 87.1 Å². The number of guanidine groups is 1. The summed E-state index contributed by atoms with van der Waals surface area (Å²) in [5, 5.41) is 134. The number of aliphatic hydroxyl groups excluding tert-OH is 6. The van der Waals surface area contributed by atoms with Crippen LogP contribution in [0.1, 0.15) is 77.3 Å². The molecule has 0 aliphatic heterocycles. The number of primary amides is 1. The third-order valence-electron chi connectivity index (χ3n) is 16.7. The van der Waals surface area contributed by atoms with Crippen molar-refractivity contribution in [2.45, 2.75) is 164 Å². The molecule has 0 saturated carbocycles. The van der Waals surface area contributed by atoms with E-state index in [4.69, 9.17) is 22.6 Å². The Bertz CT molecular complexity index is 3760. The number of nitrogens with one attached hydrogen (secondary N) is 17. The molecule has 32 N–H and O–H groups in total. The number of aromatic hydroxyl groups is 1. The van der Waals surface area contributed by atoms with Gasteiger partial charge in [-0.1, -0.05) is 70.2 Å². The number of hydrogen-bond donors (Lipinski definition) is 30. The van der Waals surface area contributed by atoms with E-state index in [-0.39, 0.29) is 42.4 Å². The summed E-state index contributed by atoms with van der Waals surface area (Å²) in [6.07, 6.45) is -4.11. The van der Waals surface area contributed by atoms with Crippen LogP contribution in [0.4, 0.5) is 0 Å². The molecular formula is C69H106N20O27S. The number of carboxylic acids is 2. The van der Waals surface area contributed by atoms with Crippen LogP contribution in [0.2, 0.25) is 0 Å². The zero-order valence-corrected chi connectivity index (χ0v) is 65.1. The van der Waals surface area contributed by atoms with Crippen LogP contribution < -0.4 is 102 Å². The van der Waals surface area contributed by atoms with Gasteiger partial charge in [-0.3, -0.25) is 86.9 Å². The second-order valence-electron chi connectivity index (χ2n) is 27.0. The molecule has 48 heteroatoms. The maximum atomic E-state index is 14.3. The first-order chi connectivity index (χ1) is 55.1. The Morgan fingerprint density at radius 3 is 1.14 bits per heavy atom. The van der Waals surface area contributed by atoms with E-state index in [0.29, 0.717) is 5.56 Å². The molecule has 0 saturated heterocycles. The van der Waals surface area contributed by atoms with Gasteiger partial charge in [-0.15, -0.1) is 0 Å². The molecule has 0 fully saturated rings. The van der Waals surface area contributed by atoms with Gasteiger partial charge in [0.25, 0.3) is 0 Å². The monoisotopic (exact) mass is 1680 g/mol. The molecule has 0 radical (unpaired) electrons. The average Bonchev–Trinajstić information content (AvgIpc) is 0.824. The summed E-state index contributed by atoms with van der Waals surface area (Å²) in [5.74, 6) is -23.8. The molecule has 0 bridgehead atoms. The highest BCUT2D eigenvalue weighted by atomic mass is 32.1. The normalized spacial score (nSPS) is 14.6. The van der Waals surface area contributed by atoms with Gasteiger partial charge in [0.15, 0.2) is 5.96 Å². The van der Waals surface area contributed by atoms with E-state index in [0.717, 1.165) is 0 Å². The number of rotatable bonds is 54. The topological polar surface area (TPSA) is 784 Å². The van der Waals surface area contributed by atoms with Gasteiger partial charge in [-0.25, -0.2) is 4.79 Å². The molecule has 0 spiro atoms. The summed E-state index contributed by atoms with van der Waals surface area (Å²) >= 11 is 3.90. The van der Waals surface area contributed by atoms with E-state index in [9.17, 15) is 132 Å². The number of carbonyl (C=O) groups excluding carboxylic acids is 16. The first-order valence-electron chi connectivity index (χ1n) is 36.3. The lowest BCUT2D eigenvalue weighted by atomic mass is 10.0.